The minimum atomic E-state index is 0.197. The van der Waals surface area contributed by atoms with Crippen LogP contribution in [0.4, 0.5) is 11.5 Å². The number of nitrogens with zero attached hydrogens (tertiary/aromatic N) is 2. The number of anilines is 2. The van der Waals surface area contributed by atoms with E-state index in [2.05, 4.69) is 4.98 Å². The van der Waals surface area contributed by atoms with Crippen molar-refractivity contribution < 1.29 is 4.79 Å². The maximum absolute atomic E-state index is 12.1. The molecular formula is C12H17N3O. The van der Waals surface area contributed by atoms with Crippen molar-refractivity contribution in [1.29, 1.82) is 0 Å². The molecule has 0 saturated heterocycles. The van der Waals surface area contributed by atoms with Crippen molar-refractivity contribution in [3.63, 3.8) is 0 Å². The lowest BCUT2D eigenvalue weighted by atomic mass is 10.1. The molecule has 16 heavy (non-hydrogen) atoms. The van der Waals surface area contributed by atoms with E-state index >= 15 is 0 Å². The Morgan fingerprint density at radius 3 is 2.69 bits per heavy atom. The number of aromatic nitrogens is 1. The van der Waals surface area contributed by atoms with Crippen LogP contribution in [0.25, 0.3) is 0 Å². The van der Waals surface area contributed by atoms with Crippen molar-refractivity contribution in [2.24, 2.45) is 5.92 Å². The molecule has 0 aromatic carbocycles. The van der Waals surface area contributed by atoms with E-state index in [1.807, 2.05) is 6.07 Å². The predicted octanol–water partition coefficient (Wildman–Crippen LogP) is 1.82. The topological polar surface area (TPSA) is 59.2 Å². The van der Waals surface area contributed by atoms with Gasteiger partial charge in [-0.1, -0.05) is 12.8 Å². The van der Waals surface area contributed by atoms with Crippen molar-refractivity contribution in [2.45, 2.75) is 25.7 Å². The first-order chi connectivity index (χ1) is 7.68. The number of amides is 1. The summed E-state index contributed by atoms with van der Waals surface area (Å²) in [4.78, 5) is 17.8. The molecule has 0 aliphatic heterocycles. The van der Waals surface area contributed by atoms with Crippen molar-refractivity contribution in [2.75, 3.05) is 17.7 Å². The fourth-order valence-corrected chi connectivity index (χ4v) is 2.17. The zero-order valence-electron chi connectivity index (χ0n) is 9.52. The zero-order chi connectivity index (χ0) is 11.5. The normalized spacial score (nSPS) is 16.3. The minimum absolute atomic E-state index is 0.197. The van der Waals surface area contributed by atoms with Gasteiger partial charge in [0, 0.05) is 13.0 Å². The van der Waals surface area contributed by atoms with Gasteiger partial charge in [0.2, 0.25) is 5.91 Å². The van der Waals surface area contributed by atoms with E-state index in [1.54, 1.807) is 24.2 Å². The first-order valence-electron chi connectivity index (χ1n) is 5.67. The third-order valence-electron chi connectivity index (χ3n) is 3.19. The molecule has 0 radical (unpaired) electrons. The average Bonchev–Trinajstić information content (AvgIpc) is 2.81. The summed E-state index contributed by atoms with van der Waals surface area (Å²) in [6.45, 7) is 0. The molecule has 1 aromatic heterocycles. The molecule has 0 unspecified atom stereocenters. The molecule has 1 amide bonds. The number of carbonyl (C=O) groups is 1. The Labute approximate surface area is 95.5 Å². The second-order valence-corrected chi connectivity index (χ2v) is 4.32. The van der Waals surface area contributed by atoms with Crippen molar-refractivity contribution in [1.82, 2.24) is 4.98 Å². The van der Waals surface area contributed by atoms with E-state index in [1.165, 1.54) is 12.8 Å². The third-order valence-corrected chi connectivity index (χ3v) is 3.19. The molecule has 2 rings (SSSR count). The van der Waals surface area contributed by atoms with Gasteiger partial charge in [-0.2, -0.15) is 0 Å². The third kappa shape index (κ3) is 2.15. The number of hydrogen-bond acceptors (Lipinski definition) is 3. The van der Waals surface area contributed by atoms with Crippen molar-refractivity contribution >= 4 is 17.4 Å². The van der Waals surface area contributed by atoms with Gasteiger partial charge >= 0.3 is 0 Å². The average molecular weight is 219 g/mol. The summed E-state index contributed by atoms with van der Waals surface area (Å²) in [5.74, 6) is 0.872. The van der Waals surface area contributed by atoms with E-state index in [0.717, 1.165) is 18.5 Å². The lowest BCUT2D eigenvalue weighted by molar-refractivity contribution is -0.121. The second-order valence-electron chi connectivity index (χ2n) is 4.32. The summed E-state index contributed by atoms with van der Waals surface area (Å²) in [6.07, 6.45) is 6.02. The van der Waals surface area contributed by atoms with Crippen LogP contribution in [0.5, 0.6) is 0 Å². The Balaban J connectivity index is 2.08. The maximum Gasteiger partial charge on any atom is 0.229 e. The number of pyridine rings is 1. The molecule has 1 fully saturated rings. The second kappa shape index (κ2) is 4.51. The van der Waals surface area contributed by atoms with Crippen LogP contribution in [0, 0.1) is 5.92 Å². The van der Waals surface area contributed by atoms with E-state index in [-0.39, 0.29) is 11.8 Å². The van der Waals surface area contributed by atoms with E-state index in [0.29, 0.717) is 5.82 Å². The predicted molar refractivity (Wildman–Crippen MR) is 64.0 cm³/mol. The minimum Gasteiger partial charge on any atom is -0.384 e. The van der Waals surface area contributed by atoms with Gasteiger partial charge in [-0.15, -0.1) is 0 Å². The van der Waals surface area contributed by atoms with E-state index < -0.39 is 0 Å². The van der Waals surface area contributed by atoms with Gasteiger partial charge in [-0.3, -0.25) is 4.79 Å². The Hall–Kier alpha value is -1.58. The number of nitrogens with two attached hydrogens (primary N) is 1. The molecule has 1 heterocycles. The lowest BCUT2D eigenvalue weighted by Crippen LogP contribution is -2.31. The Kier molecular flexibility index (Phi) is 3.08. The summed E-state index contributed by atoms with van der Waals surface area (Å²) in [7, 11) is 1.80. The highest BCUT2D eigenvalue weighted by Gasteiger charge is 2.26. The largest absolute Gasteiger partial charge is 0.384 e. The number of hydrogen-bond donors (Lipinski definition) is 1. The molecule has 1 aromatic rings. The Morgan fingerprint density at radius 1 is 1.44 bits per heavy atom. The van der Waals surface area contributed by atoms with Crippen LogP contribution in [0.1, 0.15) is 25.7 Å². The summed E-state index contributed by atoms with van der Waals surface area (Å²) < 4.78 is 0. The SMILES string of the molecule is CN(C(=O)C1CCCC1)c1ccc(N)nc1. The standard InChI is InChI=1S/C12H17N3O/c1-15(10-6-7-11(13)14-8-10)12(16)9-4-2-3-5-9/h6-9H,2-5H2,1H3,(H2,13,14). The van der Waals surface area contributed by atoms with E-state index in [9.17, 15) is 4.79 Å². The maximum atomic E-state index is 12.1. The summed E-state index contributed by atoms with van der Waals surface area (Å²) in [6, 6.07) is 3.54. The van der Waals surface area contributed by atoms with Crippen LogP contribution in [-0.4, -0.2) is 17.9 Å². The van der Waals surface area contributed by atoms with Crippen LogP contribution >= 0.6 is 0 Å². The summed E-state index contributed by atoms with van der Waals surface area (Å²) >= 11 is 0. The summed E-state index contributed by atoms with van der Waals surface area (Å²) in [5, 5.41) is 0. The molecule has 2 N–H and O–H groups in total. The fraction of sp³-hybridized carbons (Fsp3) is 0.500. The molecule has 0 spiro atoms. The van der Waals surface area contributed by atoms with Gasteiger partial charge in [-0.05, 0) is 25.0 Å². The number of carbonyl (C=O) groups excluding carboxylic acids is 1. The van der Waals surface area contributed by atoms with Crippen LogP contribution in [0.2, 0.25) is 0 Å². The Bertz CT molecular complexity index is 368. The molecule has 4 heteroatoms. The summed E-state index contributed by atoms with van der Waals surface area (Å²) in [5.41, 5.74) is 6.32. The van der Waals surface area contributed by atoms with Crippen LogP contribution < -0.4 is 10.6 Å². The smallest absolute Gasteiger partial charge is 0.229 e. The van der Waals surface area contributed by atoms with Gasteiger partial charge in [-0.25, -0.2) is 4.98 Å². The fourth-order valence-electron chi connectivity index (χ4n) is 2.17. The highest BCUT2D eigenvalue weighted by Crippen LogP contribution is 2.27. The molecular weight excluding hydrogens is 202 g/mol. The molecule has 1 aliphatic rings. The van der Waals surface area contributed by atoms with Gasteiger partial charge < -0.3 is 10.6 Å². The van der Waals surface area contributed by atoms with Gasteiger partial charge in [0.05, 0.1) is 11.9 Å². The molecule has 1 saturated carbocycles. The first kappa shape index (κ1) is 10.9. The zero-order valence-corrected chi connectivity index (χ0v) is 9.52. The molecule has 4 nitrogen and oxygen atoms in total. The molecule has 0 atom stereocenters. The molecule has 1 aliphatic carbocycles. The number of nitrogen functional groups attached to an aromatic ring is 1. The van der Waals surface area contributed by atoms with Gasteiger partial charge in [0.15, 0.2) is 0 Å². The van der Waals surface area contributed by atoms with Crippen LogP contribution in [0.3, 0.4) is 0 Å². The van der Waals surface area contributed by atoms with E-state index in [4.69, 9.17) is 5.73 Å². The van der Waals surface area contributed by atoms with Crippen molar-refractivity contribution in [3.05, 3.63) is 18.3 Å². The number of rotatable bonds is 2. The first-order valence-corrected chi connectivity index (χ1v) is 5.67. The Morgan fingerprint density at radius 2 is 2.12 bits per heavy atom. The van der Waals surface area contributed by atoms with Gasteiger partial charge in [0.25, 0.3) is 0 Å². The van der Waals surface area contributed by atoms with Gasteiger partial charge in [0.1, 0.15) is 5.82 Å². The lowest BCUT2D eigenvalue weighted by Gasteiger charge is -2.20. The monoisotopic (exact) mass is 219 g/mol. The quantitative estimate of drug-likeness (QED) is 0.825. The molecule has 86 valence electrons. The highest BCUT2D eigenvalue weighted by atomic mass is 16.2. The highest BCUT2D eigenvalue weighted by molar-refractivity contribution is 5.94. The van der Waals surface area contributed by atoms with Crippen LogP contribution in [0.15, 0.2) is 18.3 Å². The molecule has 0 bridgehead atoms. The van der Waals surface area contributed by atoms with Crippen LogP contribution in [-0.2, 0) is 4.79 Å². The van der Waals surface area contributed by atoms with Crippen molar-refractivity contribution in [3.8, 4) is 0 Å².